The molecule has 2 unspecified atom stereocenters. The van der Waals surface area contributed by atoms with E-state index in [2.05, 4.69) is 0 Å². The van der Waals surface area contributed by atoms with E-state index in [-0.39, 0.29) is 44.2 Å². The van der Waals surface area contributed by atoms with Crippen LogP contribution < -0.4 is 0 Å². The van der Waals surface area contributed by atoms with Gasteiger partial charge in [0, 0.05) is 6.54 Å². The normalized spacial score (nSPS) is 29.6. The predicted molar refractivity (Wildman–Crippen MR) is 132 cm³/mol. The van der Waals surface area contributed by atoms with Gasteiger partial charge in [-0.15, -0.1) is 0 Å². The number of halogens is 6. The summed E-state index contributed by atoms with van der Waals surface area (Å²) in [7, 11) is 0. The molecule has 2 aliphatic heterocycles. The van der Waals surface area contributed by atoms with E-state index in [1.54, 1.807) is 25.1 Å². The summed E-state index contributed by atoms with van der Waals surface area (Å²) in [5, 5.41) is 21.5. The lowest BCUT2D eigenvalue weighted by molar-refractivity contribution is -0.382. The second kappa shape index (κ2) is 11.2. The highest BCUT2D eigenvalue weighted by molar-refractivity contribution is 5.35. The Bertz CT molecular complexity index is 1120. The number of piperidine rings is 1. The third-order valence-electron chi connectivity index (χ3n) is 7.84. The molecule has 4 rings (SSSR count). The number of likely N-dealkylation sites (tertiary alicyclic amines) is 1. The molecule has 0 radical (unpaired) electrons. The zero-order chi connectivity index (χ0) is 29.5. The van der Waals surface area contributed by atoms with Gasteiger partial charge in [0.2, 0.25) is 0 Å². The van der Waals surface area contributed by atoms with Crippen molar-refractivity contribution in [1.29, 1.82) is 0 Å². The number of alkyl halides is 6. The number of hydrogen-bond donors (Lipinski definition) is 2. The van der Waals surface area contributed by atoms with Crippen molar-refractivity contribution in [2.45, 2.75) is 81.9 Å². The van der Waals surface area contributed by atoms with Gasteiger partial charge in [-0.25, -0.2) is 0 Å². The number of aliphatic hydroxyl groups is 2. The van der Waals surface area contributed by atoms with Crippen LogP contribution in [0.2, 0.25) is 0 Å². The minimum Gasteiger partial charge on any atom is -0.390 e. The molecule has 40 heavy (non-hydrogen) atoms. The van der Waals surface area contributed by atoms with Gasteiger partial charge in [-0.05, 0) is 62.9 Å². The second-order valence-electron chi connectivity index (χ2n) is 10.6. The molecule has 0 aromatic heterocycles. The van der Waals surface area contributed by atoms with E-state index in [1.807, 2.05) is 17.0 Å². The van der Waals surface area contributed by atoms with Crippen LogP contribution in [0.1, 0.15) is 62.0 Å². The first-order valence-electron chi connectivity index (χ1n) is 13.0. The van der Waals surface area contributed by atoms with Crippen LogP contribution >= 0.6 is 0 Å². The van der Waals surface area contributed by atoms with Crippen molar-refractivity contribution in [3.8, 4) is 0 Å². The van der Waals surface area contributed by atoms with Crippen LogP contribution in [-0.4, -0.2) is 59.1 Å². The zero-order valence-electron chi connectivity index (χ0n) is 22.3. The van der Waals surface area contributed by atoms with E-state index in [1.165, 1.54) is 13.8 Å². The van der Waals surface area contributed by atoms with Gasteiger partial charge in [0.1, 0.15) is 5.60 Å². The maximum Gasteiger partial charge on any atom is 0.416 e. The van der Waals surface area contributed by atoms with Gasteiger partial charge in [0.05, 0.1) is 42.0 Å². The molecule has 2 aromatic rings. The summed E-state index contributed by atoms with van der Waals surface area (Å²) in [4.78, 5) is 1.86. The van der Waals surface area contributed by atoms with Crippen molar-refractivity contribution >= 4 is 0 Å². The highest BCUT2D eigenvalue weighted by Crippen LogP contribution is 2.44. The summed E-state index contributed by atoms with van der Waals surface area (Å²) in [5.74, 6) is 0. The fourth-order valence-corrected chi connectivity index (χ4v) is 5.32. The first kappa shape index (κ1) is 30.7. The number of ether oxygens (including phenoxy) is 3. The first-order chi connectivity index (χ1) is 18.5. The summed E-state index contributed by atoms with van der Waals surface area (Å²) in [5.41, 5.74) is -4.77. The maximum absolute atomic E-state index is 13.5. The molecule has 2 heterocycles. The van der Waals surface area contributed by atoms with Gasteiger partial charge in [0.25, 0.3) is 0 Å². The van der Waals surface area contributed by atoms with Crippen molar-refractivity contribution in [1.82, 2.24) is 4.90 Å². The van der Waals surface area contributed by atoms with E-state index >= 15 is 0 Å². The van der Waals surface area contributed by atoms with E-state index in [0.717, 1.165) is 5.56 Å². The highest BCUT2D eigenvalue weighted by atomic mass is 19.4. The lowest BCUT2D eigenvalue weighted by atomic mass is 9.74. The molecule has 12 heteroatoms. The van der Waals surface area contributed by atoms with Gasteiger partial charge < -0.3 is 24.4 Å². The Morgan fingerprint density at radius 1 is 0.975 bits per heavy atom. The van der Waals surface area contributed by atoms with Crippen molar-refractivity contribution in [2.75, 3.05) is 19.7 Å². The predicted octanol–water partition coefficient (Wildman–Crippen LogP) is 5.62. The number of hydrogen-bond acceptors (Lipinski definition) is 6. The molecule has 2 saturated heterocycles. The Morgan fingerprint density at radius 2 is 1.55 bits per heavy atom. The molecule has 2 aliphatic rings. The van der Waals surface area contributed by atoms with Crippen LogP contribution in [0.4, 0.5) is 26.3 Å². The third-order valence-corrected chi connectivity index (χ3v) is 7.84. The number of rotatable bonds is 8. The Balaban J connectivity index is 1.68. The molecule has 0 amide bonds. The van der Waals surface area contributed by atoms with Gasteiger partial charge >= 0.3 is 12.4 Å². The number of β-amino-alcohol motifs (C(OH)–C–C–N with tert-alkyl or cyclic N) is 1. The van der Waals surface area contributed by atoms with Crippen LogP contribution in [0.25, 0.3) is 0 Å². The zero-order valence-corrected chi connectivity index (χ0v) is 22.3. The quantitative estimate of drug-likeness (QED) is 0.397. The van der Waals surface area contributed by atoms with Crippen LogP contribution in [0.5, 0.6) is 0 Å². The van der Waals surface area contributed by atoms with Crippen LogP contribution in [0.15, 0.2) is 48.5 Å². The SMILES string of the molecule is CC1OC(CN2CC(O)(C(C)O)CC[C@@]2(CO[C@H](C)c2cc(C(F)(F)F)cc(C(F)(F)F)c2)c2ccccc2)O1. The van der Waals surface area contributed by atoms with Crippen molar-refractivity contribution in [3.63, 3.8) is 0 Å². The Labute approximate surface area is 228 Å². The molecule has 222 valence electrons. The van der Waals surface area contributed by atoms with Crippen molar-refractivity contribution in [3.05, 3.63) is 70.8 Å². The lowest BCUT2D eigenvalue weighted by Gasteiger charge is -2.54. The Kier molecular flexibility index (Phi) is 8.62. The van der Waals surface area contributed by atoms with Crippen LogP contribution in [0, 0.1) is 0 Å². The van der Waals surface area contributed by atoms with Gasteiger partial charge in [-0.3, -0.25) is 4.90 Å². The number of benzene rings is 2. The molecule has 2 N–H and O–H groups in total. The van der Waals surface area contributed by atoms with Gasteiger partial charge in [-0.1, -0.05) is 30.3 Å². The van der Waals surface area contributed by atoms with Gasteiger partial charge in [0.15, 0.2) is 12.6 Å². The summed E-state index contributed by atoms with van der Waals surface area (Å²) < 4.78 is 98.0. The summed E-state index contributed by atoms with van der Waals surface area (Å²) in [6.07, 6.45) is -12.8. The Morgan fingerprint density at radius 3 is 2.05 bits per heavy atom. The van der Waals surface area contributed by atoms with E-state index in [4.69, 9.17) is 14.2 Å². The minimum atomic E-state index is -4.98. The molecule has 2 fully saturated rings. The number of aliphatic hydroxyl groups excluding tert-OH is 1. The second-order valence-corrected chi connectivity index (χ2v) is 10.6. The molecule has 4 atom stereocenters. The molecular weight excluding hydrogens is 544 g/mol. The summed E-state index contributed by atoms with van der Waals surface area (Å²) >= 11 is 0. The smallest absolute Gasteiger partial charge is 0.390 e. The fourth-order valence-electron chi connectivity index (χ4n) is 5.32. The van der Waals surface area contributed by atoms with Crippen LogP contribution in [-0.2, 0) is 32.1 Å². The molecule has 0 bridgehead atoms. The Hall–Kier alpha value is -2.22. The molecule has 0 saturated carbocycles. The number of nitrogens with zero attached hydrogens (tertiary/aromatic N) is 1. The topological polar surface area (TPSA) is 71.4 Å². The molecule has 6 nitrogen and oxygen atoms in total. The van der Waals surface area contributed by atoms with Crippen LogP contribution in [0.3, 0.4) is 0 Å². The average Bonchev–Trinajstić information content (AvgIpc) is 2.86. The van der Waals surface area contributed by atoms with E-state index in [0.29, 0.717) is 12.1 Å². The van der Waals surface area contributed by atoms with Crippen molar-refractivity contribution in [2.24, 2.45) is 0 Å². The largest absolute Gasteiger partial charge is 0.416 e. The highest BCUT2D eigenvalue weighted by Gasteiger charge is 2.51. The molecule has 0 aliphatic carbocycles. The van der Waals surface area contributed by atoms with Gasteiger partial charge in [-0.2, -0.15) is 26.3 Å². The lowest BCUT2D eigenvalue weighted by Crippen LogP contribution is -2.65. The monoisotopic (exact) mass is 577 g/mol. The van der Waals surface area contributed by atoms with E-state index in [9.17, 15) is 36.6 Å². The van der Waals surface area contributed by atoms with E-state index < -0.39 is 59.4 Å². The average molecular weight is 578 g/mol. The maximum atomic E-state index is 13.5. The van der Waals surface area contributed by atoms with Crippen molar-refractivity contribution < 1.29 is 50.8 Å². The summed E-state index contributed by atoms with van der Waals surface area (Å²) in [6.45, 7) is 4.64. The minimum absolute atomic E-state index is 0.00329. The third kappa shape index (κ3) is 6.47. The fraction of sp³-hybridized carbons (Fsp3) is 0.571. The molecular formula is C28H33F6NO5. The first-order valence-corrected chi connectivity index (χ1v) is 13.0. The molecule has 2 aromatic carbocycles. The standard InChI is InChI=1S/C28H33F6NO5/c1-17(20-11-22(27(29,30)31)13-23(12-20)28(32,33)34)38-16-25(21-7-5-4-6-8-21)9-10-26(37,18(2)36)15-35(25)14-24-39-19(3)40-24/h4-8,11-13,17-19,24,36-37H,9-10,14-16H2,1-3H3/t17-,18?,19?,24?,25-,26?/m1/s1. The summed E-state index contributed by atoms with van der Waals surface area (Å²) in [6, 6.07) is 10.5. The molecule has 0 spiro atoms.